The molecule has 0 aliphatic heterocycles. The first-order chi connectivity index (χ1) is 13.9. The Kier molecular flexibility index (Phi) is 5.60. The van der Waals surface area contributed by atoms with Crippen LogP contribution in [-0.4, -0.2) is 16.7 Å². The maximum atomic E-state index is 12.4. The number of aryl methyl sites for hydroxylation is 2. The van der Waals surface area contributed by atoms with Crippen LogP contribution in [0.1, 0.15) is 27.4 Å². The summed E-state index contributed by atoms with van der Waals surface area (Å²) in [5.74, 6) is -0.174. The van der Waals surface area contributed by atoms with E-state index in [2.05, 4.69) is 81.1 Å². The van der Waals surface area contributed by atoms with Crippen LogP contribution in [0.4, 0.5) is 0 Å². The van der Waals surface area contributed by atoms with Gasteiger partial charge < -0.3 is 8.98 Å². The Morgan fingerprint density at radius 1 is 1.21 bits per heavy atom. The Morgan fingerprint density at radius 3 is 2.83 bits per heavy atom. The van der Waals surface area contributed by atoms with Gasteiger partial charge in [-0.05, 0) is 78.4 Å². The lowest BCUT2D eigenvalue weighted by Crippen LogP contribution is -2.17. The summed E-state index contributed by atoms with van der Waals surface area (Å²) in [4.78, 5) is 12.4. The van der Waals surface area contributed by atoms with E-state index in [1.165, 1.54) is 11.1 Å². The fourth-order valence-corrected chi connectivity index (χ4v) is 4.85. The molecule has 0 unspecified atom stereocenters. The number of halogens is 2. The molecule has 1 N–H and O–H groups in total. The van der Waals surface area contributed by atoms with Crippen molar-refractivity contribution in [3.63, 3.8) is 0 Å². The maximum absolute atomic E-state index is 12.4. The monoisotopic (exact) mass is 561 g/mol. The Balaban J connectivity index is 1.53. The summed E-state index contributed by atoms with van der Waals surface area (Å²) in [5, 5.41) is 4.98. The average molecular weight is 562 g/mol. The smallest absolute Gasteiger partial charge is 0.307 e. The van der Waals surface area contributed by atoms with E-state index in [-0.39, 0.29) is 5.76 Å². The topological polar surface area (TPSA) is 59.5 Å². The third-order valence-electron chi connectivity index (χ3n) is 4.51. The predicted octanol–water partition coefficient (Wildman–Crippen LogP) is 5.97. The van der Waals surface area contributed by atoms with Crippen molar-refractivity contribution in [2.45, 2.75) is 13.8 Å². The van der Waals surface area contributed by atoms with Crippen LogP contribution in [0, 0.1) is 17.4 Å². The number of nitrogens with one attached hydrogen (secondary N) is 1. The molecule has 0 saturated heterocycles. The molecule has 4 aromatic rings. The molecular weight excluding hydrogens is 545 g/mol. The van der Waals surface area contributed by atoms with Crippen molar-refractivity contribution < 1.29 is 9.21 Å². The quantitative estimate of drug-likeness (QED) is 0.189. The Bertz CT molecular complexity index is 1260. The van der Waals surface area contributed by atoms with Crippen molar-refractivity contribution in [3.05, 3.63) is 85.4 Å². The van der Waals surface area contributed by atoms with Gasteiger partial charge in [-0.2, -0.15) is 5.10 Å². The highest BCUT2D eigenvalue weighted by Crippen LogP contribution is 2.28. The van der Waals surface area contributed by atoms with Crippen molar-refractivity contribution in [1.29, 1.82) is 0 Å². The van der Waals surface area contributed by atoms with E-state index in [9.17, 15) is 4.79 Å². The van der Waals surface area contributed by atoms with Gasteiger partial charge in [-0.3, -0.25) is 4.79 Å². The number of furan rings is 1. The second kappa shape index (κ2) is 8.16. The Labute approximate surface area is 190 Å². The van der Waals surface area contributed by atoms with E-state index in [4.69, 9.17) is 4.42 Å². The zero-order valence-electron chi connectivity index (χ0n) is 15.7. The number of nitrogens with zero attached hydrogens (tertiary/aromatic N) is 2. The van der Waals surface area contributed by atoms with Crippen molar-refractivity contribution in [2.24, 2.45) is 5.10 Å². The van der Waals surface area contributed by atoms with Gasteiger partial charge in [0.15, 0.2) is 5.76 Å². The van der Waals surface area contributed by atoms with Gasteiger partial charge in [0.05, 0.1) is 15.5 Å². The van der Waals surface area contributed by atoms with Crippen LogP contribution >= 0.6 is 38.5 Å². The van der Waals surface area contributed by atoms with E-state index in [1.54, 1.807) is 12.3 Å². The Hall–Kier alpha value is -2.39. The highest BCUT2D eigenvalue weighted by atomic mass is 127. The molecule has 0 spiro atoms. The maximum Gasteiger partial charge on any atom is 0.307 e. The van der Waals surface area contributed by atoms with Gasteiger partial charge in [0.2, 0.25) is 0 Å². The summed E-state index contributed by atoms with van der Waals surface area (Å²) < 4.78 is 9.61. The molecule has 2 aromatic heterocycles. The van der Waals surface area contributed by atoms with Gasteiger partial charge in [0.25, 0.3) is 0 Å². The van der Waals surface area contributed by atoms with Gasteiger partial charge >= 0.3 is 5.91 Å². The second-order valence-electron chi connectivity index (χ2n) is 6.71. The standard InChI is InChI=1S/C22H17BrIN3O2/c1-13-5-6-19(14(2)8-13)27-7-3-4-17(27)12-25-26-22(28)20-10-15-9-16(23)11-18(24)21(15)29-20/h3-12H,1-2H3,(H,26,28)/b25-12-. The number of benzene rings is 2. The summed E-state index contributed by atoms with van der Waals surface area (Å²) in [7, 11) is 0. The molecule has 29 heavy (non-hydrogen) atoms. The van der Waals surface area contributed by atoms with Crippen LogP contribution < -0.4 is 5.43 Å². The molecule has 0 aliphatic carbocycles. The van der Waals surface area contributed by atoms with Crippen molar-refractivity contribution in [2.75, 3.05) is 0 Å². The van der Waals surface area contributed by atoms with Crippen LogP contribution in [0.25, 0.3) is 16.7 Å². The zero-order chi connectivity index (χ0) is 20.5. The number of carbonyl (C=O) groups excluding carboxylic acids is 1. The number of fused-ring (bicyclic) bond motifs is 1. The molecule has 2 heterocycles. The number of rotatable bonds is 4. The molecule has 1 amide bonds. The molecule has 0 saturated carbocycles. The Morgan fingerprint density at radius 2 is 2.03 bits per heavy atom. The zero-order valence-corrected chi connectivity index (χ0v) is 19.5. The molecule has 0 atom stereocenters. The summed E-state index contributed by atoms with van der Waals surface area (Å²) in [6, 6.07) is 15.7. The van der Waals surface area contributed by atoms with E-state index in [1.807, 2.05) is 35.0 Å². The molecule has 146 valence electrons. The largest absolute Gasteiger partial charge is 0.450 e. The first-order valence-corrected chi connectivity index (χ1v) is 10.8. The SMILES string of the molecule is Cc1ccc(-n2cccc2/C=N\NC(=O)c2cc3cc(Br)cc(I)c3o2)c(C)c1. The highest BCUT2D eigenvalue weighted by Gasteiger charge is 2.14. The lowest BCUT2D eigenvalue weighted by atomic mass is 10.1. The lowest BCUT2D eigenvalue weighted by molar-refractivity contribution is 0.0929. The first-order valence-electron chi connectivity index (χ1n) is 8.89. The minimum Gasteiger partial charge on any atom is -0.450 e. The van der Waals surface area contributed by atoms with Crippen LogP contribution in [0.15, 0.2) is 68.7 Å². The van der Waals surface area contributed by atoms with Crippen molar-refractivity contribution in [1.82, 2.24) is 9.99 Å². The molecule has 0 aliphatic rings. The normalized spacial score (nSPS) is 11.4. The van der Waals surface area contributed by atoms with Gasteiger partial charge in [0, 0.05) is 21.7 Å². The number of hydrazone groups is 1. The van der Waals surface area contributed by atoms with Gasteiger partial charge in [-0.25, -0.2) is 5.43 Å². The second-order valence-corrected chi connectivity index (χ2v) is 8.79. The first kappa shape index (κ1) is 19.9. The summed E-state index contributed by atoms with van der Waals surface area (Å²) >= 11 is 5.64. The minimum atomic E-state index is -0.394. The number of amides is 1. The molecule has 4 rings (SSSR count). The van der Waals surface area contributed by atoms with Crippen LogP contribution in [0.5, 0.6) is 0 Å². The molecule has 0 bridgehead atoms. The molecule has 7 heteroatoms. The summed E-state index contributed by atoms with van der Waals surface area (Å²) in [6.07, 6.45) is 3.60. The molecule has 0 radical (unpaired) electrons. The minimum absolute atomic E-state index is 0.220. The molecular formula is C22H17BrIN3O2. The van der Waals surface area contributed by atoms with Crippen molar-refractivity contribution in [3.8, 4) is 5.69 Å². The summed E-state index contributed by atoms with van der Waals surface area (Å²) in [5.41, 5.74) is 7.55. The van der Waals surface area contributed by atoms with Crippen LogP contribution in [0.3, 0.4) is 0 Å². The van der Waals surface area contributed by atoms with Crippen molar-refractivity contribution >= 4 is 61.6 Å². The van der Waals surface area contributed by atoms with Gasteiger partial charge in [-0.1, -0.05) is 33.6 Å². The fraction of sp³-hybridized carbons (Fsp3) is 0.0909. The van der Waals surface area contributed by atoms with E-state index < -0.39 is 5.91 Å². The lowest BCUT2D eigenvalue weighted by Gasteiger charge is -2.10. The van der Waals surface area contributed by atoms with Crippen LogP contribution in [-0.2, 0) is 0 Å². The van der Waals surface area contributed by atoms with Crippen LogP contribution in [0.2, 0.25) is 0 Å². The number of carbonyl (C=O) groups is 1. The molecule has 5 nitrogen and oxygen atoms in total. The highest BCUT2D eigenvalue weighted by molar-refractivity contribution is 14.1. The third kappa shape index (κ3) is 4.16. The molecule has 0 fully saturated rings. The average Bonchev–Trinajstić information content (AvgIpc) is 3.29. The molecule has 2 aromatic carbocycles. The third-order valence-corrected chi connectivity index (χ3v) is 5.77. The number of hydrogen-bond acceptors (Lipinski definition) is 3. The number of hydrogen-bond donors (Lipinski definition) is 1. The van der Waals surface area contributed by atoms with E-state index >= 15 is 0 Å². The van der Waals surface area contributed by atoms with E-state index in [0.29, 0.717) is 5.58 Å². The summed E-state index contributed by atoms with van der Waals surface area (Å²) in [6.45, 7) is 4.15. The predicted molar refractivity (Wildman–Crippen MR) is 127 cm³/mol. The van der Waals surface area contributed by atoms with Gasteiger partial charge in [0.1, 0.15) is 5.58 Å². The fourth-order valence-electron chi connectivity index (χ4n) is 3.19. The van der Waals surface area contributed by atoms with Gasteiger partial charge in [-0.15, -0.1) is 0 Å². The number of aromatic nitrogens is 1. The van der Waals surface area contributed by atoms with E-state index in [0.717, 1.165) is 24.8 Å².